The topological polar surface area (TPSA) is 52.6 Å². The molecule has 0 aromatic rings. The largest absolute Gasteiger partial charge is 0.391 e. The second-order valence-corrected chi connectivity index (χ2v) is 5.86. The number of likely N-dealkylation sites (tertiary alicyclic amines) is 1. The van der Waals surface area contributed by atoms with Gasteiger partial charge in [-0.25, -0.2) is 0 Å². The molecule has 0 saturated carbocycles. The maximum Gasteiger partial charge on any atom is 0.222 e. The Kier molecular flexibility index (Phi) is 5.01. The Morgan fingerprint density at radius 3 is 2.89 bits per heavy atom. The Bertz CT molecular complexity index is 277. The number of nitrogens with one attached hydrogen (secondary N) is 1. The minimum atomic E-state index is -0.337. The minimum absolute atomic E-state index is 0.216. The van der Waals surface area contributed by atoms with Crippen molar-refractivity contribution in [3.05, 3.63) is 0 Å². The highest BCUT2D eigenvalue weighted by molar-refractivity contribution is 5.76. The van der Waals surface area contributed by atoms with Gasteiger partial charge in [-0.1, -0.05) is 13.3 Å². The second kappa shape index (κ2) is 6.53. The first-order valence-corrected chi connectivity index (χ1v) is 7.36. The molecule has 0 aromatic heterocycles. The summed E-state index contributed by atoms with van der Waals surface area (Å²) in [7, 11) is 0. The molecule has 3 unspecified atom stereocenters. The predicted molar refractivity (Wildman–Crippen MR) is 71.2 cm³/mol. The van der Waals surface area contributed by atoms with Crippen LogP contribution in [0.2, 0.25) is 0 Å². The molecule has 2 fully saturated rings. The van der Waals surface area contributed by atoms with Crippen LogP contribution < -0.4 is 5.32 Å². The van der Waals surface area contributed by atoms with Crippen molar-refractivity contribution in [1.29, 1.82) is 0 Å². The lowest BCUT2D eigenvalue weighted by atomic mass is 9.95. The van der Waals surface area contributed by atoms with E-state index in [0.717, 1.165) is 25.9 Å². The maximum atomic E-state index is 12.1. The molecule has 104 valence electrons. The van der Waals surface area contributed by atoms with Crippen molar-refractivity contribution in [2.45, 2.75) is 57.6 Å². The highest BCUT2D eigenvalue weighted by Crippen LogP contribution is 2.19. The Balaban J connectivity index is 1.70. The number of carbonyl (C=O) groups is 1. The third-order valence-corrected chi connectivity index (χ3v) is 4.39. The van der Waals surface area contributed by atoms with E-state index in [1.54, 1.807) is 0 Å². The molecule has 4 nitrogen and oxygen atoms in total. The van der Waals surface area contributed by atoms with E-state index < -0.39 is 0 Å². The molecule has 0 aromatic carbocycles. The van der Waals surface area contributed by atoms with Gasteiger partial charge < -0.3 is 15.3 Å². The smallest absolute Gasteiger partial charge is 0.222 e. The predicted octanol–water partition coefficient (Wildman–Crippen LogP) is 1.14. The van der Waals surface area contributed by atoms with E-state index in [0.29, 0.717) is 24.9 Å². The van der Waals surface area contributed by atoms with Gasteiger partial charge in [0.15, 0.2) is 0 Å². The third kappa shape index (κ3) is 3.69. The number of amides is 1. The van der Waals surface area contributed by atoms with Crippen molar-refractivity contribution in [3.63, 3.8) is 0 Å². The summed E-state index contributed by atoms with van der Waals surface area (Å²) < 4.78 is 0. The summed E-state index contributed by atoms with van der Waals surface area (Å²) in [6.07, 6.45) is 5.91. The first-order valence-electron chi connectivity index (χ1n) is 7.36. The van der Waals surface area contributed by atoms with E-state index in [2.05, 4.69) is 12.2 Å². The summed E-state index contributed by atoms with van der Waals surface area (Å²) in [6.45, 7) is 4.49. The van der Waals surface area contributed by atoms with Crippen molar-refractivity contribution in [2.75, 3.05) is 19.6 Å². The molecular weight excluding hydrogens is 228 g/mol. The van der Waals surface area contributed by atoms with E-state index in [4.69, 9.17) is 0 Å². The summed E-state index contributed by atoms with van der Waals surface area (Å²) in [5, 5.41) is 13.3. The van der Waals surface area contributed by atoms with Crippen LogP contribution in [0.3, 0.4) is 0 Å². The fourth-order valence-electron chi connectivity index (χ4n) is 2.90. The molecule has 2 aliphatic heterocycles. The Labute approximate surface area is 110 Å². The first-order chi connectivity index (χ1) is 8.66. The number of hydrogen-bond acceptors (Lipinski definition) is 3. The molecule has 2 rings (SSSR count). The average Bonchev–Trinajstić information content (AvgIpc) is 2.40. The lowest BCUT2D eigenvalue weighted by molar-refractivity contribution is -0.135. The van der Waals surface area contributed by atoms with Gasteiger partial charge in [-0.05, 0) is 38.1 Å². The number of rotatable bonds is 3. The number of piperidine rings is 2. The molecule has 2 saturated heterocycles. The van der Waals surface area contributed by atoms with Crippen molar-refractivity contribution in [3.8, 4) is 0 Å². The van der Waals surface area contributed by atoms with E-state index in [9.17, 15) is 9.90 Å². The second-order valence-electron chi connectivity index (χ2n) is 5.86. The van der Waals surface area contributed by atoms with Gasteiger partial charge in [-0.2, -0.15) is 0 Å². The molecule has 0 aliphatic carbocycles. The maximum absolute atomic E-state index is 12.1. The van der Waals surface area contributed by atoms with Gasteiger partial charge >= 0.3 is 0 Å². The van der Waals surface area contributed by atoms with Crippen LogP contribution in [0.1, 0.15) is 45.4 Å². The van der Waals surface area contributed by atoms with Crippen LogP contribution in [0.4, 0.5) is 0 Å². The molecule has 0 spiro atoms. The van der Waals surface area contributed by atoms with Crippen LogP contribution in [-0.2, 0) is 4.79 Å². The minimum Gasteiger partial charge on any atom is -0.391 e. The Morgan fingerprint density at radius 2 is 2.22 bits per heavy atom. The van der Waals surface area contributed by atoms with Crippen molar-refractivity contribution < 1.29 is 9.90 Å². The summed E-state index contributed by atoms with van der Waals surface area (Å²) in [5.74, 6) is 0.544. The molecule has 0 radical (unpaired) electrons. The first kappa shape index (κ1) is 13.8. The SMILES string of the molecule is CC1CCN(C(=O)CCC2CCCCN2)CC1O. The van der Waals surface area contributed by atoms with E-state index in [1.807, 2.05) is 4.90 Å². The number of carbonyl (C=O) groups excluding carboxylic acids is 1. The van der Waals surface area contributed by atoms with Crippen LogP contribution >= 0.6 is 0 Å². The van der Waals surface area contributed by atoms with E-state index in [-0.39, 0.29) is 12.0 Å². The summed E-state index contributed by atoms with van der Waals surface area (Å²) in [5.41, 5.74) is 0. The van der Waals surface area contributed by atoms with E-state index in [1.165, 1.54) is 19.3 Å². The third-order valence-electron chi connectivity index (χ3n) is 4.39. The molecule has 2 N–H and O–H groups in total. The van der Waals surface area contributed by atoms with Crippen molar-refractivity contribution in [2.24, 2.45) is 5.92 Å². The van der Waals surface area contributed by atoms with Crippen LogP contribution in [-0.4, -0.2) is 47.7 Å². The quantitative estimate of drug-likeness (QED) is 0.794. The van der Waals surface area contributed by atoms with Gasteiger partial charge in [-0.3, -0.25) is 4.79 Å². The molecule has 3 atom stereocenters. The van der Waals surface area contributed by atoms with Crippen molar-refractivity contribution >= 4 is 5.91 Å². The Morgan fingerprint density at radius 1 is 1.39 bits per heavy atom. The Hall–Kier alpha value is -0.610. The molecule has 4 heteroatoms. The molecule has 1 amide bonds. The highest BCUT2D eigenvalue weighted by Gasteiger charge is 2.27. The number of aliphatic hydroxyl groups excluding tert-OH is 1. The molecular formula is C14H26N2O2. The summed E-state index contributed by atoms with van der Waals surface area (Å²) >= 11 is 0. The van der Waals surface area contributed by atoms with Crippen LogP contribution in [0.15, 0.2) is 0 Å². The highest BCUT2D eigenvalue weighted by atomic mass is 16.3. The van der Waals surface area contributed by atoms with Gasteiger partial charge in [0.05, 0.1) is 6.10 Å². The standard InChI is InChI=1S/C14H26N2O2/c1-11-7-9-16(10-13(11)17)14(18)6-5-12-4-2-3-8-15-12/h11-13,15,17H,2-10H2,1H3. The molecule has 2 aliphatic rings. The molecule has 0 bridgehead atoms. The summed E-state index contributed by atoms with van der Waals surface area (Å²) in [4.78, 5) is 13.9. The normalized spacial score (nSPS) is 33.4. The van der Waals surface area contributed by atoms with Gasteiger partial charge in [0.1, 0.15) is 0 Å². The zero-order valence-electron chi connectivity index (χ0n) is 11.4. The summed E-state index contributed by atoms with van der Waals surface area (Å²) in [6, 6.07) is 0.524. The lowest BCUT2D eigenvalue weighted by Crippen LogP contribution is -2.46. The molecule has 2 heterocycles. The number of β-amino-alcohol motifs (C(OH)–C–C–N with tert-alkyl or cyclic N) is 1. The molecule has 18 heavy (non-hydrogen) atoms. The number of aliphatic hydroxyl groups is 1. The van der Waals surface area contributed by atoms with Gasteiger partial charge in [0.2, 0.25) is 5.91 Å². The monoisotopic (exact) mass is 254 g/mol. The van der Waals surface area contributed by atoms with Gasteiger partial charge in [0.25, 0.3) is 0 Å². The van der Waals surface area contributed by atoms with Crippen LogP contribution in [0.5, 0.6) is 0 Å². The average molecular weight is 254 g/mol. The van der Waals surface area contributed by atoms with E-state index >= 15 is 0 Å². The van der Waals surface area contributed by atoms with Crippen LogP contribution in [0, 0.1) is 5.92 Å². The van der Waals surface area contributed by atoms with Crippen LogP contribution in [0.25, 0.3) is 0 Å². The number of nitrogens with zero attached hydrogens (tertiary/aromatic N) is 1. The zero-order chi connectivity index (χ0) is 13.0. The lowest BCUT2D eigenvalue weighted by Gasteiger charge is -2.34. The fraction of sp³-hybridized carbons (Fsp3) is 0.929. The number of hydrogen-bond donors (Lipinski definition) is 2. The fourth-order valence-corrected chi connectivity index (χ4v) is 2.90. The zero-order valence-corrected chi connectivity index (χ0v) is 11.4. The van der Waals surface area contributed by atoms with Gasteiger partial charge in [-0.15, -0.1) is 0 Å². The van der Waals surface area contributed by atoms with Crippen molar-refractivity contribution in [1.82, 2.24) is 10.2 Å². The van der Waals surface area contributed by atoms with Gasteiger partial charge in [0, 0.05) is 25.6 Å².